The molecule has 92 valence electrons. The van der Waals surface area contributed by atoms with E-state index >= 15 is 0 Å². The maximum absolute atomic E-state index is 12.0. The molecule has 1 fully saturated rings. The Morgan fingerprint density at radius 1 is 1.53 bits per heavy atom. The summed E-state index contributed by atoms with van der Waals surface area (Å²) >= 11 is 9.14. The largest absolute Gasteiger partial charge is 0.507 e. The number of nitrogens with one attached hydrogen (secondary N) is 1. The first-order chi connectivity index (χ1) is 8.06. The van der Waals surface area contributed by atoms with Crippen molar-refractivity contribution in [1.29, 1.82) is 0 Å². The van der Waals surface area contributed by atoms with Gasteiger partial charge in [0.25, 0.3) is 5.91 Å². The van der Waals surface area contributed by atoms with Crippen LogP contribution in [0.3, 0.4) is 0 Å². The third-order valence-corrected chi connectivity index (χ3v) is 4.46. The third-order valence-electron chi connectivity index (χ3n) is 3.15. The summed E-state index contributed by atoms with van der Waals surface area (Å²) in [5.74, 6) is -0.336. The second-order valence-electron chi connectivity index (χ2n) is 4.38. The van der Waals surface area contributed by atoms with Gasteiger partial charge in [-0.05, 0) is 37.5 Å². The van der Waals surface area contributed by atoms with E-state index in [0.29, 0.717) is 5.02 Å². The lowest BCUT2D eigenvalue weighted by Gasteiger charge is -2.41. The average Bonchev–Trinajstić information content (AvgIpc) is 2.23. The van der Waals surface area contributed by atoms with E-state index in [1.165, 1.54) is 12.1 Å². The molecular weight excluding hydrogens is 305 g/mol. The van der Waals surface area contributed by atoms with Crippen LogP contribution in [-0.2, 0) is 0 Å². The molecule has 3 nitrogen and oxygen atoms in total. The summed E-state index contributed by atoms with van der Waals surface area (Å²) in [6.45, 7) is 0. The number of carbonyl (C=O) groups is 1. The number of alkyl halides is 1. The Morgan fingerprint density at radius 2 is 2.24 bits per heavy atom. The summed E-state index contributed by atoms with van der Waals surface area (Å²) in [5.41, 5.74) is 0.116. The van der Waals surface area contributed by atoms with Crippen LogP contribution in [0.5, 0.6) is 5.75 Å². The molecule has 1 aliphatic rings. The fraction of sp³-hybridized carbons (Fsp3) is 0.417. The molecule has 0 atom stereocenters. The molecule has 2 N–H and O–H groups in total. The van der Waals surface area contributed by atoms with Gasteiger partial charge in [0.05, 0.1) is 11.1 Å². The summed E-state index contributed by atoms with van der Waals surface area (Å²) in [4.78, 5) is 12.0. The minimum atomic E-state index is -0.252. The van der Waals surface area contributed by atoms with Crippen molar-refractivity contribution in [1.82, 2.24) is 5.32 Å². The lowest BCUT2D eigenvalue weighted by Crippen LogP contribution is -2.54. The van der Waals surface area contributed by atoms with E-state index in [0.717, 1.165) is 24.6 Å². The van der Waals surface area contributed by atoms with Gasteiger partial charge in [0.15, 0.2) is 0 Å². The molecule has 0 saturated heterocycles. The Balaban J connectivity index is 2.14. The Labute approximate surface area is 113 Å². The van der Waals surface area contributed by atoms with Crippen LogP contribution in [-0.4, -0.2) is 21.9 Å². The minimum Gasteiger partial charge on any atom is -0.507 e. The molecule has 2 rings (SSSR count). The number of benzene rings is 1. The highest BCUT2D eigenvalue weighted by Crippen LogP contribution is 2.34. The van der Waals surface area contributed by atoms with E-state index in [9.17, 15) is 9.90 Å². The first-order valence-corrected chi connectivity index (χ1v) is 6.93. The zero-order chi connectivity index (χ0) is 12.5. The van der Waals surface area contributed by atoms with Gasteiger partial charge >= 0.3 is 0 Å². The van der Waals surface area contributed by atoms with Gasteiger partial charge in [-0.25, -0.2) is 0 Å². The number of phenolic OH excluding ortho intramolecular Hbond substituents is 1. The normalized spacial score (nSPS) is 17.3. The standard InChI is InChI=1S/C12H13BrClNO2/c13-7-12(4-1-5-12)15-11(17)9-3-2-8(14)6-10(9)16/h2-3,6,16H,1,4-5,7H2,(H,15,17). The van der Waals surface area contributed by atoms with Crippen molar-refractivity contribution in [2.45, 2.75) is 24.8 Å². The fourth-order valence-corrected chi connectivity index (χ4v) is 2.77. The number of aromatic hydroxyl groups is 1. The number of carbonyl (C=O) groups excluding carboxylic acids is 1. The van der Waals surface area contributed by atoms with E-state index in [-0.39, 0.29) is 22.8 Å². The predicted octanol–water partition coefficient (Wildman–Crippen LogP) is 3.09. The van der Waals surface area contributed by atoms with Crippen LogP contribution in [0.25, 0.3) is 0 Å². The number of halogens is 2. The van der Waals surface area contributed by atoms with Crippen molar-refractivity contribution in [2.75, 3.05) is 5.33 Å². The summed E-state index contributed by atoms with van der Waals surface area (Å²) in [7, 11) is 0. The highest BCUT2D eigenvalue weighted by atomic mass is 79.9. The van der Waals surface area contributed by atoms with Crippen LogP contribution in [0.15, 0.2) is 18.2 Å². The molecule has 1 aromatic rings. The van der Waals surface area contributed by atoms with Gasteiger partial charge in [-0.3, -0.25) is 4.79 Å². The predicted molar refractivity (Wildman–Crippen MR) is 71.0 cm³/mol. The molecule has 0 aliphatic heterocycles. The third kappa shape index (κ3) is 2.58. The van der Waals surface area contributed by atoms with Gasteiger partial charge < -0.3 is 10.4 Å². The average molecular weight is 319 g/mol. The van der Waals surface area contributed by atoms with Crippen LogP contribution in [0.2, 0.25) is 5.02 Å². The van der Waals surface area contributed by atoms with Gasteiger partial charge in [0.2, 0.25) is 0 Å². The summed E-state index contributed by atoms with van der Waals surface area (Å²) in [5, 5.41) is 13.8. The Hall–Kier alpha value is -0.740. The number of hydrogen-bond acceptors (Lipinski definition) is 2. The van der Waals surface area contributed by atoms with Gasteiger partial charge in [-0.15, -0.1) is 0 Å². The lowest BCUT2D eigenvalue weighted by atomic mass is 9.78. The van der Waals surface area contributed by atoms with Crippen LogP contribution in [0.1, 0.15) is 29.6 Å². The quantitative estimate of drug-likeness (QED) is 0.841. The minimum absolute atomic E-state index is 0.0842. The molecule has 1 aromatic carbocycles. The smallest absolute Gasteiger partial charge is 0.255 e. The van der Waals surface area contributed by atoms with Gasteiger partial charge in [0.1, 0.15) is 5.75 Å². The maximum atomic E-state index is 12.0. The van der Waals surface area contributed by atoms with E-state index in [4.69, 9.17) is 11.6 Å². The van der Waals surface area contributed by atoms with Gasteiger partial charge in [-0.1, -0.05) is 27.5 Å². The summed E-state index contributed by atoms with van der Waals surface area (Å²) < 4.78 is 0. The molecule has 0 radical (unpaired) electrons. The topological polar surface area (TPSA) is 49.3 Å². The first kappa shape index (κ1) is 12.7. The molecule has 17 heavy (non-hydrogen) atoms. The molecule has 0 bridgehead atoms. The van der Waals surface area contributed by atoms with Crippen molar-refractivity contribution in [3.8, 4) is 5.75 Å². The van der Waals surface area contributed by atoms with E-state index < -0.39 is 0 Å². The van der Waals surface area contributed by atoms with Gasteiger partial charge in [0, 0.05) is 10.4 Å². The van der Waals surface area contributed by atoms with Crippen molar-refractivity contribution >= 4 is 33.4 Å². The Bertz CT molecular complexity index is 441. The SMILES string of the molecule is O=C(NC1(CBr)CCC1)c1ccc(Cl)cc1O. The Morgan fingerprint density at radius 3 is 2.71 bits per heavy atom. The molecule has 0 unspecified atom stereocenters. The number of phenols is 1. The summed E-state index contributed by atoms with van der Waals surface area (Å²) in [6.07, 6.45) is 3.06. The second-order valence-corrected chi connectivity index (χ2v) is 5.38. The van der Waals surface area contributed by atoms with Gasteiger partial charge in [-0.2, -0.15) is 0 Å². The molecule has 0 spiro atoms. The van der Waals surface area contributed by atoms with Crippen LogP contribution in [0.4, 0.5) is 0 Å². The van der Waals surface area contributed by atoms with E-state index in [1.807, 2.05) is 0 Å². The first-order valence-electron chi connectivity index (χ1n) is 5.43. The fourth-order valence-electron chi connectivity index (χ4n) is 1.90. The molecular formula is C12H13BrClNO2. The van der Waals surface area contributed by atoms with E-state index in [1.54, 1.807) is 6.07 Å². The number of amides is 1. The van der Waals surface area contributed by atoms with Crippen LogP contribution < -0.4 is 5.32 Å². The van der Waals surface area contributed by atoms with Crippen molar-refractivity contribution in [3.63, 3.8) is 0 Å². The van der Waals surface area contributed by atoms with Crippen molar-refractivity contribution in [2.24, 2.45) is 0 Å². The molecule has 0 aromatic heterocycles. The molecule has 1 aliphatic carbocycles. The number of rotatable bonds is 3. The second kappa shape index (κ2) is 4.86. The molecule has 0 heterocycles. The van der Waals surface area contributed by atoms with Crippen molar-refractivity contribution < 1.29 is 9.90 Å². The van der Waals surface area contributed by atoms with Crippen molar-refractivity contribution in [3.05, 3.63) is 28.8 Å². The monoisotopic (exact) mass is 317 g/mol. The highest BCUT2D eigenvalue weighted by Gasteiger charge is 2.37. The molecule has 5 heteroatoms. The number of hydrogen-bond donors (Lipinski definition) is 2. The zero-order valence-corrected chi connectivity index (χ0v) is 11.5. The maximum Gasteiger partial charge on any atom is 0.255 e. The van der Waals surface area contributed by atoms with Crippen LogP contribution >= 0.6 is 27.5 Å². The van der Waals surface area contributed by atoms with E-state index in [2.05, 4.69) is 21.2 Å². The summed E-state index contributed by atoms with van der Waals surface area (Å²) in [6, 6.07) is 4.50. The zero-order valence-electron chi connectivity index (χ0n) is 9.17. The highest BCUT2D eigenvalue weighted by molar-refractivity contribution is 9.09. The molecule has 1 saturated carbocycles. The molecule has 1 amide bonds. The van der Waals surface area contributed by atoms with Crippen LogP contribution in [0, 0.1) is 0 Å². The Kier molecular flexibility index (Phi) is 3.64. The lowest BCUT2D eigenvalue weighted by molar-refractivity contribution is 0.0854.